The van der Waals surface area contributed by atoms with Crippen LogP contribution in [0.15, 0.2) is 59.7 Å². The molecule has 2 N–H and O–H groups in total. The molecule has 4 aromatic rings. The highest BCUT2D eigenvalue weighted by Crippen LogP contribution is 2.36. The molecule has 3 aromatic heterocycles. The van der Waals surface area contributed by atoms with E-state index in [1.807, 2.05) is 30.5 Å². The van der Waals surface area contributed by atoms with E-state index in [0.717, 1.165) is 73.0 Å². The van der Waals surface area contributed by atoms with Crippen molar-refractivity contribution in [3.8, 4) is 11.1 Å². The fraction of sp³-hybridized carbons (Fsp3) is 0.400. The minimum atomic E-state index is -0.242. The summed E-state index contributed by atoms with van der Waals surface area (Å²) in [6.07, 6.45) is 9.85. The van der Waals surface area contributed by atoms with Crippen molar-refractivity contribution in [2.75, 3.05) is 30.9 Å². The second-order valence-corrected chi connectivity index (χ2v) is 12.2. The maximum absolute atomic E-state index is 13.8. The van der Waals surface area contributed by atoms with Gasteiger partial charge in [0, 0.05) is 67.5 Å². The monoisotopic (exact) mass is 594 g/mol. The van der Waals surface area contributed by atoms with E-state index < -0.39 is 0 Å². The topological polar surface area (TPSA) is 95.6 Å². The Balaban J connectivity index is 1.31. The quantitative estimate of drug-likeness (QED) is 0.269. The molecule has 0 spiro atoms. The number of aromatic nitrogens is 3. The molecule has 230 valence electrons. The van der Waals surface area contributed by atoms with Gasteiger partial charge in [0.25, 0.3) is 11.5 Å². The fourth-order valence-electron chi connectivity index (χ4n) is 6.88. The molecular formula is C35H42N6O3. The van der Waals surface area contributed by atoms with Gasteiger partial charge in [-0.15, -0.1) is 0 Å². The first kappa shape index (κ1) is 29.8. The molecule has 0 saturated carbocycles. The molecule has 44 heavy (non-hydrogen) atoms. The van der Waals surface area contributed by atoms with Crippen molar-refractivity contribution in [3.63, 3.8) is 0 Å². The van der Waals surface area contributed by atoms with Crippen LogP contribution in [0.2, 0.25) is 0 Å². The number of carbonyl (C=O) groups excluding carboxylic acids is 1. The Morgan fingerprint density at radius 1 is 1.05 bits per heavy atom. The summed E-state index contributed by atoms with van der Waals surface area (Å²) in [5, 5.41) is 13.9. The fourth-order valence-corrected chi connectivity index (χ4v) is 6.88. The smallest absolute Gasteiger partial charge is 0.274 e. The standard InChI is InChI=1S/C35H42N6O3/c1-5-9-30(38(2)3)23-13-14-33(36-20-23)37-29-18-24(21-39(4)35(29)44)26-11-8-12-31(28(26)22-42)41-17-15-32-27(34(41)43)19-25-10-6-7-16-40(25)32/h8,11-14,18-21,30,42H,5-7,9-10,15-17,22H2,1-4H3,(H,36,37). The Hall–Kier alpha value is -4.21. The average molecular weight is 595 g/mol. The van der Waals surface area contributed by atoms with Crippen molar-refractivity contribution in [1.29, 1.82) is 0 Å². The van der Waals surface area contributed by atoms with Gasteiger partial charge in [0.05, 0.1) is 17.9 Å². The molecule has 9 heteroatoms. The average Bonchev–Trinajstić information content (AvgIpc) is 3.42. The lowest BCUT2D eigenvalue weighted by molar-refractivity contribution is 0.0979. The van der Waals surface area contributed by atoms with Gasteiger partial charge in [-0.05, 0) is 75.2 Å². The van der Waals surface area contributed by atoms with E-state index in [9.17, 15) is 14.7 Å². The van der Waals surface area contributed by atoms with Crippen molar-refractivity contribution in [2.45, 2.75) is 64.6 Å². The van der Waals surface area contributed by atoms with Gasteiger partial charge in [-0.3, -0.25) is 9.59 Å². The zero-order valence-electron chi connectivity index (χ0n) is 26.1. The SMILES string of the molecule is CCCC(c1ccc(Nc2cc(-c3cccc(N4CCc5c(cc6n5CCCC6)C4=O)c3CO)cn(C)c2=O)nc1)N(C)C. The molecule has 0 saturated heterocycles. The Morgan fingerprint density at radius 3 is 2.61 bits per heavy atom. The van der Waals surface area contributed by atoms with E-state index in [-0.39, 0.29) is 24.1 Å². The van der Waals surface area contributed by atoms with Crippen LogP contribution in [-0.4, -0.2) is 50.7 Å². The van der Waals surface area contributed by atoms with E-state index >= 15 is 0 Å². The van der Waals surface area contributed by atoms with Crippen molar-refractivity contribution < 1.29 is 9.90 Å². The number of rotatable bonds is 9. The number of pyridine rings is 2. The van der Waals surface area contributed by atoms with Gasteiger partial charge in [0.2, 0.25) is 0 Å². The number of benzene rings is 1. The first-order valence-electron chi connectivity index (χ1n) is 15.7. The number of aryl methyl sites for hydroxylation is 2. The molecule has 6 rings (SSSR count). The summed E-state index contributed by atoms with van der Waals surface area (Å²) in [5.74, 6) is 0.561. The Morgan fingerprint density at radius 2 is 1.89 bits per heavy atom. The number of aliphatic hydroxyl groups excluding tert-OH is 1. The third kappa shape index (κ3) is 5.46. The molecule has 2 aliphatic heterocycles. The lowest BCUT2D eigenvalue weighted by Gasteiger charge is -2.30. The molecule has 1 amide bonds. The molecule has 5 heterocycles. The predicted octanol–water partition coefficient (Wildman–Crippen LogP) is 5.43. The molecule has 0 aliphatic carbocycles. The van der Waals surface area contributed by atoms with Crippen LogP contribution in [0.3, 0.4) is 0 Å². The third-order valence-electron chi connectivity index (χ3n) is 9.12. The number of hydrogen-bond donors (Lipinski definition) is 2. The zero-order valence-corrected chi connectivity index (χ0v) is 26.1. The van der Waals surface area contributed by atoms with Crippen LogP contribution >= 0.6 is 0 Å². The van der Waals surface area contributed by atoms with Gasteiger partial charge in [-0.2, -0.15) is 0 Å². The van der Waals surface area contributed by atoms with E-state index in [1.54, 1.807) is 24.2 Å². The highest BCUT2D eigenvalue weighted by molar-refractivity contribution is 6.09. The molecule has 0 bridgehead atoms. The Bertz CT molecular complexity index is 1740. The number of aliphatic hydroxyl groups is 1. The lowest BCUT2D eigenvalue weighted by atomic mass is 9.97. The van der Waals surface area contributed by atoms with Gasteiger partial charge in [-0.1, -0.05) is 31.5 Å². The van der Waals surface area contributed by atoms with Gasteiger partial charge in [0.1, 0.15) is 11.5 Å². The van der Waals surface area contributed by atoms with Crippen molar-refractivity contribution in [3.05, 3.63) is 93.3 Å². The maximum Gasteiger partial charge on any atom is 0.274 e. The van der Waals surface area contributed by atoms with Crippen LogP contribution in [0.25, 0.3) is 11.1 Å². The summed E-state index contributed by atoms with van der Waals surface area (Å²) in [6, 6.07) is 13.9. The van der Waals surface area contributed by atoms with E-state index in [0.29, 0.717) is 29.3 Å². The predicted molar refractivity (Wildman–Crippen MR) is 175 cm³/mol. The summed E-state index contributed by atoms with van der Waals surface area (Å²) in [7, 11) is 5.86. The molecule has 9 nitrogen and oxygen atoms in total. The van der Waals surface area contributed by atoms with Gasteiger partial charge in [-0.25, -0.2) is 4.98 Å². The zero-order chi connectivity index (χ0) is 31.0. The number of nitrogens with zero attached hydrogens (tertiary/aromatic N) is 5. The summed E-state index contributed by atoms with van der Waals surface area (Å²) in [6.45, 7) is 3.47. The highest BCUT2D eigenvalue weighted by Gasteiger charge is 2.32. The number of amides is 1. The van der Waals surface area contributed by atoms with Gasteiger partial charge < -0.3 is 29.4 Å². The Labute approximate surface area is 258 Å². The molecule has 2 aliphatic rings. The highest BCUT2D eigenvalue weighted by atomic mass is 16.3. The summed E-state index contributed by atoms with van der Waals surface area (Å²) in [5.41, 5.74) is 7.40. The number of anilines is 3. The molecule has 0 fully saturated rings. The third-order valence-corrected chi connectivity index (χ3v) is 9.12. The minimum absolute atomic E-state index is 0.0206. The first-order valence-corrected chi connectivity index (χ1v) is 15.7. The second kappa shape index (κ2) is 12.4. The van der Waals surface area contributed by atoms with Gasteiger partial charge in [0.15, 0.2) is 0 Å². The van der Waals surface area contributed by atoms with Crippen LogP contribution in [0.5, 0.6) is 0 Å². The number of nitrogens with one attached hydrogen (secondary N) is 1. The minimum Gasteiger partial charge on any atom is -0.392 e. The van der Waals surface area contributed by atoms with Crippen LogP contribution in [0.1, 0.15) is 71.5 Å². The van der Waals surface area contributed by atoms with Crippen LogP contribution in [0, 0.1) is 0 Å². The molecule has 1 atom stereocenters. The van der Waals surface area contributed by atoms with Gasteiger partial charge >= 0.3 is 0 Å². The van der Waals surface area contributed by atoms with E-state index in [1.165, 1.54) is 10.3 Å². The van der Waals surface area contributed by atoms with E-state index in [4.69, 9.17) is 0 Å². The van der Waals surface area contributed by atoms with Crippen LogP contribution in [-0.2, 0) is 33.0 Å². The van der Waals surface area contributed by atoms with Crippen molar-refractivity contribution in [1.82, 2.24) is 19.0 Å². The van der Waals surface area contributed by atoms with Crippen molar-refractivity contribution in [2.24, 2.45) is 7.05 Å². The molecule has 0 radical (unpaired) electrons. The summed E-state index contributed by atoms with van der Waals surface area (Å²) in [4.78, 5) is 35.6. The van der Waals surface area contributed by atoms with E-state index in [2.05, 4.69) is 52.9 Å². The van der Waals surface area contributed by atoms with Crippen molar-refractivity contribution >= 4 is 23.1 Å². The largest absolute Gasteiger partial charge is 0.392 e. The Kier molecular flexibility index (Phi) is 8.42. The number of fused-ring (bicyclic) bond motifs is 3. The molecular weight excluding hydrogens is 552 g/mol. The lowest BCUT2D eigenvalue weighted by Crippen LogP contribution is -2.38. The number of hydrogen-bond acceptors (Lipinski definition) is 6. The molecule has 1 aromatic carbocycles. The second-order valence-electron chi connectivity index (χ2n) is 12.2. The first-order chi connectivity index (χ1) is 21.3. The normalized spacial score (nSPS) is 15.3. The maximum atomic E-state index is 13.8. The van der Waals surface area contributed by atoms with Crippen LogP contribution < -0.4 is 15.8 Å². The number of carbonyl (C=O) groups is 1. The summed E-state index contributed by atoms with van der Waals surface area (Å²) < 4.78 is 3.87. The summed E-state index contributed by atoms with van der Waals surface area (Å²) >= 11 is 0. The van der Waals surface area contributed by atoms with Crippen LogP contribution in [0.4, 0.5) is 17.2 Å². The molecule has 1 unspecified atom stereocenters.